The second kappa shape index (κ2) is 2.81. The van der Waals surface area contributed by atoms with E-state index in [4.69, 9.17) is 9.47 Å². The van der Waals surface area contributed by atoms with Gasteiger partial charge in [0.15, 0.2) is 5.79 Å². The number of ether oxygens (including phenoxy) is 2. The van der Waals surface area contributed by atoms with Gasteiger partial charge in [0.05, 0.1) is 6.10 Å². The summed E-state index contributed by atoms with van der Waals surface area (Å²) in [6.45, 7) is 9.57. The van der Waals surface area contributed by atoms with Crippen LogP contribution in [0.15, 0.2) is 12.2 Å². The van der Waals surface area contributed by atoms with E-state index in [1.807, 2.05) is 20.8 Å². The lowest BCUT2D eigenvalue weighted by Gasteiger charge is -2.30. The molecule has 3 heteroatoms. The van der Waals surface area contributed by atoms with Crippen LogP contribution in [0.1, 0.15) is 33.6 Å². The van der Waals surface area contributed by atoms with Crippen LogP contribution in [0.4, 0.5) is 0 Å². The highest BCUT2D eigenvalue weighted by molar-refractivity contribution is 5.21. The van der Waals surface area contributed by atoms with Gasteiger partial charge in [0, 0.05) is 0 Å². The number of aliphatic hydroxyl groups is 1. The lowest BCUT2D eigenvalue weighted by atomic mass is 9.93. The molecule has 1 aliphatic heterocycles. The van der Waals surface area contributed by atoms with Crippen molar-refractivity contribution >= 4 is 0 Å². The molecule has 1 aliphatic carbocycles. The molecular formula is C11H18O3. The van der Waals surface area contributed by atoms with Gasteiger partial charge in [-0.3, -0.25) is 0 Å². The standard InChI is InChI=1S/C11H18O3/c1-7-5-6-11(9(7)12)8(2)13-10(3,4)14-11/h8-9,12H,1,5-6H2,2-4H3/t8-,9+,11+/m0/s1. The van der Waals surface area contributed by atoms with Gasteiger partial charge < -0.3 is 14.6 Å². The van der Waals surface area contributed by atoms with Gasteiger partial charge in [-0.25, -0.2) is 0 Å². The molecule has 14 heavy (non-hydrogen) atoms. The smallest absolute Gasteiger partial charge is 0.164 e. The summed E-state index contributed by atoms with van der Waals surface area (Å²) in [6, 6.07) is 0. The molecule has 1 saturated heterocycles. The van der Waals surface area contributed by atoms with Gasteiger partial charge in [-0.1, -0.05) is 6.58 Å². The Bertz CT molecular complexity index is 272. The van der Waals surface area contributed by atoms with E-state index in [1.165, 1.54) is 0 Å². The van der Waals surface area contributed by atoms with Crippen LogP contribution in [0.3, 0.4) is 0 Å². The first-order valence-electron chi connectivity index (χ1n) is 5.11. The Balaban J connectivity index is 2.29. The Hall–Kier alpha value is -0.380. The molecule has 2 rings (SSSR count). The molecule has 0 aromatic carbocycles. The van der Waals surface area contributed by atoms with Crippen molar-refractivity contribution in [2.45, 2.75) is 57.2 Å². The highest BCUT2D eigenvalue weighted by atomic mass is 16.8. The predicted octanol–water partition coefficient (Wildman–Crippen LogP) is 1.61. The van der Waals surface area contributed by atoms with E-state index in [9.17, 15) is 5.11 Å². The van der Waals surface area contributed by atoms with Gasteiger partial charge in [0.25, 0.3) is 0 Å². The van der Waals surface area contributed by atoms with Crippen LogP contribution in [-0.4, -0.2) is 28.7 Å². The first kappa shape index (κ1) is 10.1. The molecule has 3 nitrogen and oxygen atoms in total. The minimum absolute atomic E-state index is 0.0771. The van der Waals surface area contributed by atoms with Crippen molar-refractivity contribution in [3.8, 4) is 0 Å². The van der Waals surface area contributed by atoms with Crippen LogP contribution in [-0.2, 0) is 9.47 Å². The molecule has 2 aliphatic rings. The van der Waals surface area contributed by atoms with Crippen molar-refractivity contribution in [2.24, 2.45) is 0 Å². The van der Waals surface area contributed by atoms with Gasteiger partial charge in [-0.05, 0) is 39.2 Å². The molecule has 0 aromatic rings. The predicted molar refractivity (Wildman–Crippen MR) is 52.8 cm³/mol. The van der Waals surface area contributed by atoms with Gasteiger partial charge in [-0.15, -0.1) is 0 Å². The van der Waals surface area contributed by atoms with E-state index in [0.29, 0.717) is 0 Å². The molecule has 1 saturated carbocycles. The maximum atomic E-state index is 10.0. The van der Waals surface area contributed by atoms with Crippen molar-refractivity contribution in [3.63, 3.8) is 0 Å². The first-order chi connectivity index (χ1) is 6.37. The topological polar surface area (TPSA) is 38.7 Å². The summed E-state index contributed by atoms with van der Waals surface area (Å²) in [4.78, 5) is 0. The quantitative estimate of drug-likeness (QED) is 0.601. The Kier molecular flexibility index (Phi) is 2.04. The normalized spacial score (nSPS) is 46.4. The second-order valence-corrected chi connectivity index (χ2v) is 4.78. The molecule has 0 bridgehead atoms. The van der Waals surface area contributed by atoms with E-state index < -0.39 is 17.5 Å². The summed E-state index contributed by atoms with van der Waals surface area (Å²) in [5.41, 5.74) is 0.304. The molecule has 0 amide bonds. The molecule has 80 valence electrons. The van der Waals surface area contributed by atoms with E-state index >= 15 is 0 Å². The maximum Gasteiger partial charge on any atom is 0.164 e. The van der Waals surface area contributed by atoms with Gasteiger partial charge in [-0.2, -0.15) is 0 Å². The molecule has 1 N–H and O–H groups in total. The fraction of sp³-hybridized carbons (Fsp3) is 0.818. The first-order valence-corrected chi connectivity index (χ1v) is 5.11. The number of rotatable bonds is 0. The molecule has 1 heterocycles. The van der Waals surface area contributed by atoms with Crippen LogP contribution < -0.4 is 0 Å². The van der Waals surface area contributed by atoms with Gasteiger partial charge >= 0.3 is 0 Å². The molecule has 0 aromatic heterocycles. The molecule has 0 radical (unpaired) electrons. The van der Waals surface area contributed by atoms with E-state index in [0.717, 1.165) is 18.4 Å². The minimum atomic E-state index is -0.592. The van der Waals surface area contributed by atoms with E-state index in [1.54, 1.807) is 0 Å². The number of hydrogen-bond donors (Lipinski definition) is 1. The van der Waals surface area contributed by atoms with E-state index in [-0.39, 0.29) is 6.10 Å². The SMILES string of the molecule is C=C1CC[C@]2(OC(C)(C)O[C@H]2C)[C@@H]1O. The van der Waals surface area contributed by atoms with Crippen LogP contribution in [0.2, 0.25) is 0 Å². The molecule has 3 atom stereocenters. The van der Waals surface area contributed by atoms with Crippen molar-refractivity contribution in [1.82, 2.24) is 0 Å². The Morgan fingerprint density at radius 3 is 2.50 bits per heavy atom. The zero-order chi connectivity index (χ0) is 10.6. The van der Waals surface area contributed by atoms with E-state index in [2.05, 4.69) is 6.58 Å². The third-order valence-electron chi connectivity index (χ3n) is 3.27. The third-order valence-corrected chi connectivity index (χ3v) is 3.27. The Morgan fingerprint density at radius 1 is 1.50 bits per heavy atom. The molecule has 2 fully saturated rings. The number of hydrogen-bond acceptors (Lipinski definition) is 3. The van der Waals surface area contributed by atoms with Crippen LogP contribution in [0, 0.1) is 0 Å². The minimum Gasteiger partial charge on any atom is -0.386 e. The fourth-order valence-electron chi connectivity index (χ4n) is 2.60. The zero-order valence-corrected chi connectivity index (χ0v) is 9.04. The average molecular weight is 198 g/mol. The van der Waals surface area contributed by atoms with Gasteiger partial charge in [0.1, 0.15) is 11.7 Å². The fourth-order valence-corrected chi connectivity index (χ4v) is 2.60. The Morgan fingerprint density at radius 2 is 2.14 bits per heavy atom. The highest BCUT2D eigenvalue weighted by Gasteiger charge is 2.58. The van der Waals surface area contributed by atoms with Crippen LogP contribution in [0.25, 0.3) is 0 Å². The monoisotopic (exact) mass is 198 g/mol. The summed E-state index contributed by atoms with van der Waals surface area (Å²) in [6.07, 6.45) is 0.966. The lowest BCUT2D eigenvalue weighted by molar-refractivity contribution is -0.175. The lowest BCUT2D eigenvalue weighted by Crippen LogP contribution is -2.46. The summed E-state index contributed by atoms with van der Waals surface area (Å²) >= 11 is 0. The highest BCUT2D eigenvalue weighted by Crippen LogP contribution is 2.48. The van der Waals surface area contributed by atoms with Crippen molar-refractivity contribution in [3.05, 3.63) is 12.2 Å². The zero-order valence-electron chi connectivity index (χ0n) is 9.04. The van der Waals surface area contributed by atoms with Crippen LogP contribution >= 0.6 is 0 Å². The summed E-state index contributed by atoms with van der Waals surface area (Å²) < 4.78 is 11.5. The van der Waals surface area contributed by atoms with Gasteiger partial charge in [0.2, 0.25) is 0 Å². The third kappa shape index (κ3) is 1.23. The second-order valence-electron chi connectivity index (χ2n) is 4.78. The largest absolute Gasteiger partial charge is 0.386 e. The van der Waals surface area contributed by atoms with Crippen LogP contribution in [0.5, 0.6) is 0 Å². The average Bonchev–Trinajstić information content (AvgIpc) is 2.45. The molecule has 0 unspecified atom stereocenters. The molecular weight excluding hydrogens is 180 g/mol. The Labute approximate surface area is 84.7 Å². The summed E-state index contributed by atoms with van der Waals surface area (Å²) in [5, 5.41) is 10.0. The summed E-state index contributed by atoms with van der Waals surface area (Å²) in [7, 11) is 0. The van der Waals surface area contributed by atoms with Crippen molar-refractivity contribution in [2.75, 3.05) is 0 Å². The summed E-state index contributed by atoms with van der Waals surface area (Å²) in [5.74, 6) is -0.592. The van der Waals surface area contributed by atoms with Crippen molar-refractivity contribution in [1.29, 1.82) is 0 Å². The molecule has 1 spiro atoms. The van der Waals surface area contributed by atoms with Crippen molar-refractivity contribution < 1.29 is 14.6 Å². The maximum absolute atomic E-state index is 10.0. The number of aliphatic hydroxyl groups excluding tert-OH is 1.